The number of amides is 1. The first kappa shape index (κ1) is 14.8. The van der Waals surface area contributed by atoms with Crippen molar-refractivity contribution in [1.82, 2.24) is 15.6 Å². The Morgan fingerprint density at radius 3 is 2.85 bits per heavy atom. The van der Waals surface area contributed by atoms with E-state index in [9.17, 15) is 4.79 Å². The van der Waals surface area contributed by atoms with Crippen LogP contribution in [0.25, 0.3) is 0 Å². The Hall–Kier alpha value is -1.62. The van der Waals surface area contributed by atoms with Crippen molar-refractivity contribution in [3.05, 3.63) is 23.9 Å². The Labute approximate surface area is 120 Å². The second-order valence-corrected chi connectivity index (χ2v) is 5.39. The standard InChI is InChI=1S/C15H24N4O/c1-3-8-16-15(20)11-19(2)14-7-4-12(10-18-14)9-17-13-5-6-13/h4,7,10,13,17H,3,5-6,8-9,11H2,1-2H3,(H,16,20). The van der Waals surface area contributed by atoms with E-state index in [-0.39, 0.29) is 5.91 Å². The molecule has 5 nitrogen and oxygen atoms in total. The van der Waals surface area contributed by atoms with Gasteiger partial charge < -0.3 is 15.5 Å². The van der Waals surface area contributed by atoms with Crippen molar-refractivity contribution in [3.63, 3.8) is 0 Å². The molecule has 1 aliphatic rings. The number of carbonyl (C=O) groups is 1. The van der Waals surface area contributed by atoms with Crippen LogP contribution in [0, 0.1) is 0 Å². The first-order chi connectivity index (χ1) is 9.69. The molecule has 0 aliphatic heterocycles. The van der Waals surface area contributed by atoms with Gasteiger partial charge in [0.1, 0.15) is 5.82 Å². The Balaban J connectivity index is 1.79. The zero-order valence-electron chi connectivity index (χ0n) is 12.4. The van der Waals surface area contributed by atoms with E-state index in [1.807, 2.05) is 31.1 Å². The molecular weight excluding hydrogens is 252 g/mol. The van der Waals surface area contributed by atoms with E-state index in [0.717, 1.165) is 25.3 Å². The molecule has 0 radical (unpaired) electrons. The van der Waals surface area contributed by atoms with Crippen LogP contribution < -0.4 is 15.5 Å². The van der Waals surface area contributed by atoms with Crippen molar-refractivity contribution in [3.8, 4) is 0 Å². The molecule has 0 atom stereocenters. The Morgan fingerprint density at radius 2 is 2.25 bits per heavy atom. The molecule has 1 aromatic heterocycles. The molecule has 0 saturated heterocycles. The van der Waals surface area contributed by atoms with Crippen molar-refractivity contribution < 1.29 is 4.79 Å². The van der Waals surface area contributed by atoms with E-state index < -0.39 is 0 Å². The minimum absolute atomic E-state index is 0.0376. The highest BCUT2D eigenvalue weighted by molar-refractivity contribution is 5.80. The van der Waals surface area contributed by atoms with Crippen LogP contribution in [0.15, 0.2) is 18.3 Å². The van der Waals surface area contributed by atoms with Crippen LogP contribution in [0.5, 0.6) is 0 Å². The van der Waals surface area contributed by atoms with Crippen molar-refractivity contribution in [2.24, 2.45) is 0 Å². The van der Waals surface area contributed by atoms with Crippen molar-refractivity contribution in [2.45, 2.75) is 38.8 Å². The molecule has 1 saturated carbocycles. The summed E-state index contributed by atoms with van der Waals surface area (Å²) in [6.45, 7) is 3.98. The molecule has 20 heavy (non-hydrogen) atoms. The van der Waals surface area contributed by atoms with Gasteiger partial charge in [-0.05, 0) is 30.9 Å². The second-order valence-electron chi connectivity index (χ2n) is 5.39. The van der Waals surface area contributed by atoms with Crippen molar-refractivity contribution in [2.75, 3.05) is 25.0 Å². The summed E-state index contributed by atoms with van der Waals surface area (Å²) in [6.07, 6.45) is 5.42. The van der Waals surface area contributed by atoms with Crippen LogP contribution in [0.3, 0.4) is 0 Å². The van der Waals surface area contributed by atoms with Gasteiger partial charge in [-0.25, -0.2) is 4.98 Å². The average molecular weight is 276 g/mol. The lowest BCUT2D eigenvalue weighted by atomic mass is 10.2. The normalized spacial score (nSPS) is 14.1. The lowest BCUT2D eigenvalue weighted by Crippen LogP contribution is -2.35. The van der Waals surface area contributed by atoms with Crippen LogP contribution >= 0.6 is 0 Å². The van der Waals surface area contributed by atoms with E-state index in [2.05, 4.69) is 21.7 Å². The molecule has 1 heterocycles. The molecule has 1 amide bonds. The van der Waals surface area contributed by atoms with Crippen LogP contribution in [0.4, 0.5) is 5.82 Å². The number of nitrogens with zero attached hydrogens (tertiary/aromatic N) is 2. The van der Waals surface area contributed by atoms with Crippen LogP contribution in [-0.2, 0) is 11.3 Å². The smallest absolute Gasteiger partial charge is 0.239 e. The van der Waals surface area contributed by atoms with Gasteiger partial charge in [-0.15, -0.1) is 0 Å². The molecular formula is C15H24N4O. The second kappa shape index (κ2) is 7.24. The topological polar surface area (TPSA) is 57.3 Å². The summed E-state index contributed by atoms with van der Waals surface area (Å²) >= 11 is 0. The van der Waals surface area contributed by atoms with Gasteiger partial charge in [0.25, 0.3) is 0 Å². The monoisotopic (exact) mass is 276 g/mol. The van der Waals surface area contributed by atoms with Gasteiger partial charge in [-0.1, -0.05) is 13.0 Å². The molecule has 2 N–H and O–H groups in total. The molecule has 1 fully saturated rings. The Morgan fingerprint density at radius 1 is 1.45 bits per heavy atom. The van der Waals surface area contributed by atoms with Gasteiger partial charge in [0.15, 0.2) is 0 Å². The van der Waals surface area contributed by atoms with Crippen molar-refractivity contribution >= 4 is 11.7 Å². The van der Waals surface area contributed by atoms with E-state index in [1.54, 1.807) is 0 Å². The van der Waals surface area contributed by atoms with Gasteiger partial charge in [-0.2, -0.15) is 0 Å². The van der Waals surface area contributed by atoms with Crippen LogP contribution in [0.1, 0.15) is 31.7 Å². The van der Waals surface area contributed by atoms with Gasteiger partial charge in [-0.3, -0.25) is 4.79 Å². The molecule has 0 spiro atoms. The Bertz CT molecular complexity index is 428. The van der Waals surface area contributed by atoms with Gasteiger partial charge in [0, 0.05) is 32.4 Å². The number of nitrogens with one attached hydrogen (secondary N) is 2. The number of rotatable bonds is 8. The summed E-state index contributed by atoms with van der Waals surface area (Å²) in [7, 11) is 1.88. The number of pyridine rings is 1. The molecule has 0 bridgehead atoms. The van der Waals surface area contributed by atoms with Crippen molar-refractivity contribution in [1.29, 1.82) is 0 Å². The fourth-order valence-electron chi connectivity index (χ4n) is 1.91. The molecule has 1 aliphatic carbocycles. The first-order valence-electron chi connectivity index (χ1n) is 7.35. The highest BCUT2D eigenvalue weighted by Crippen LogP contribution is 2.19. The number of carbonyl (C=O) groups excluding carboxylic acids is 1. The fraction of sp³-hybridized carbons (Fsp3) is 0.600. The number of hydrogen-bond donors (Lipinski definition) is 2. The largest absolute Gasteiger partial charge is 0.355 e. The SMILES string of the molecule is CCCNC(=O)CN(C)c1ccc(CNC2CC2)cn1. The lowest BCUT2D eigenvalue weighted by molar-refractivity contribution is -0.119. The van der Waals surface area contributed by atoms with Gasteiger partial charge >= 0.3 is 0 Å². The number of aromatic nitrogens is 1. The number of likely N-dealkylation sites (N-methyl/N-ethyl adjacent to an activating group) is 1. The Kier molecular flexibility index (Phi) is 5.35. The first-order valence-corrected chi connectivity index (χ1v) is 7.35. The molecule has 0 aromatic carbocycles. The predicted octanol–water partition coefficient (Wildman–Crippen LogP) is 1.30. The maximum Gasteiger partial charge on any atom is 0.239 e. The lowest BCUT2D eigenvalue weighted by Gasteiger charge is -2.17. The summed E-state index contributed by atoms with van der Waals surface area (Å²) < 4.78 is 0. The third-order valence-electron chi connectivity index (χ3n) is 3.33. The molecule has 2 rings (SSSR count). The third-order valence-corrected chi connectivity index (χ3v) is 3.33. The predicted molar refractivity (Wildman–Crippen MR) is 80.7 cm³/mol. The quantitative estimate of drug-likeness (QED) is 0.751. The zero-order chi connectivity index (χ0) is 14.4. The summed E-state index contributed by atoms with van der Waals surface area (Å²) in [5.74, 6) is 0.863. The van der Waals surface area contributed by atoms with E-state index >= 15 is 0 Å². The summed E-state index contributed by atoms with van der Waals surface area (Å²) in [4.78, 5) is 17.9. The molecule has 1 aromatic rings. The summed E-state index contributed by atoms with van der Waals surface area (Å²) in [5.41, 5.74) is 1.18. The van der Waals surface area contributed by atoms with Crippen LogP contribution in [0.2, 0.25) is 0 Å². The van der Waals surface area contributed by atoms with Gasteiger partial charge in [0.05, 0.1) is 6.54 Å². The minimum Gasteiger partial charge on any atom is -0.355 e. The highest BCUT2D eigenvalue weighted by Gasteiger charge is 2.19. The zero-order valence-corrected chi connectivity index (χ0v) is 12.4. The van der Waals surface area contributed by atoms with E-state index in [0.29, 0.717) is 12.6 Å². The van der Waals surface area contributed by atoms with Gasteiger partial charge in [0.2, 0.25) is 5.91 Å². The maximum absolute atomic E-state index is 11.6. The molecule has 0 unspecified atom stereocenters. The summed E-state index contributed by atoms with van der Waals surface area (Å²) in [5, 5.41) is 6.32. The average Bonchev–Trinajstić information content (AvgIpc) is 3.27. The number of hydrogen-bond acceptors (Lipinski definition) is 4. The highest BCUT2D eigenvalue weighted by atomic mass is 16.2. The summed E-state index contributed by atoms with van der Waals surface area (Å²) in [6, 6.07) is 4.74. The van der Waals surface area contributed by atoms with E-state index in [4.69, 9.17) is 0 Å². The van der Waals surface area contributed by atoms with Crippen LogP contribution in [-0.4, -0.2) is 37.1 Å². The number of anilines is 1. The third kappa shape index (κ3) is 4.81. The van der Waals surface area contributed by atoms with E-state index in [1.165, 1.54) is 18.4 Å². The maximum atomic E-state index is 11.6. The fourth-order valence-corrected chi connectivity index (χ4v) is 1.91. The molecule has 5 heteroatoms. The molecule has 110 valence electrons. The minimum atomic E-state index is 0.0376.